The van der Waals surface area contributed by atoms with E-state index < -0.39 is 0 Å². The Morgan fingerprint density at radius 1 is 1.38 bits per heavy atom. The fourth-order valence-electron chi connectivity index (χ4n) is 1.27. The molecule has 0 fully saturated rings. The van der Waals surface area contributed by atoms with Gasteiger partial charge in [0.25, 0.3) is 0 Å². The lowest BCUT2D eigenvalue weighted by molar-refractivity contribution is 0.308. The monoisotopic (exact) mass is 220 g/mol. The van der Waals surface area contributed by atoms with Crippen LogP contribution in [0.25, 0.3) is 0 Å². The molecule has 0 radical (unpaired) electrons. The molecule has 0 heterocycles. The molecule has 0 unspecified atom stereocenters. The summed E-state index contributed by atoms with van der Waals surface area (Å²) < 4.78 is 10.5. The summed E-state index contributed by atoms with van der Waals surface area (Å²) in [5, 5.41) is 8.36. The Balaban J connectivity index is 2.40. The number of nitriles is 1. The minimum atomic E-state index is 0.569. The molecule has 0 aliphatic heterocycles. The van der Waals surface area contributed by atoms with Crippen LogP contribution in [0.1, 0.15) is 19.3 Å². The van der Waals surface area contributed by atoms with Crippen molar-refractivity contribution in [2.75, 3.05) is 19.5 Å². The topological polar surface area (TPSA) is 68.3 Å². The molecule has 86 valence electrons. The second-order valence-corrected chi connectivity index (χ2v) is 3.37. The molecule has 1 aromatic rings. The van der Waals surface area contributed by atoms with Crippen LogP contribution in [0.5, 0.6) is 11.5 Å². The van der Waals surface area contributed by atoms with Crippen molar-refractivity contribution in [3.63, 3.8) is 0 Å². The van der Waals surface area contributed by atoms with Gasteiger partial charge in [-0.05, 0) is 25.0 Å². The van der Waals surface area contributed by atoms with E-state index in [1.807, 2.05) is 0 Å². The van der Waals surface area contributed by atoms with Gasteiger partial charge in [0.2, 0.25) is 0 Å². The maximum absolute atomic E-state index is 8.36. The summed E-state index contributed by atoms with van der Waals surface area (Å²) in [4.78, 5) is 0. The Bertz CT molecular complexity index is 372. The van der Waals surface area contributed by atoms with Gasteiger partial charge in [-0.15, -0.1) is 0 Å². The molecule has 0 aliphatic carbocycles. The SMILES string of the molecule is COc1ccc(OCCCCC#N)c(N)c1. The first-order chi connectivity index (χ1) is 7.77. The smallest absolute Gasteiger partial charge is 0.142 e. The van der Waals surface area contributed by atoms with Gasteiger partial charge in [0.1, 0.15) is 11.5 Å². The first-order valence-electron chi connectivity index (χ1n) is 5.21. The van der Waals surface area contributed by atoms with Crippen LogP contribution >= 0.6 is 0 Å². The Kier molecular flexibility index (Phi) is 5.00. The van der Waals surface area contributed by atoms with Crippen molar-refractivity contribution < 1.29 is 9.47 Å². The molecule has 0 bridgehead atoms. The number of methoxy groups -OCH3 is 1. The number of unbranched alkanes of at least 4 members (excludes halogenated alkanes) is 2. The first-order valence-corrected chi connectivity index (χ1v) is 5.21. The van der Waals surface area contributed by atoms with Crippen LogP contribution in [0.2, 0.25) is 0 Å². The summed E-state index contributed by atoms with van der Waals surface area (Å²) in [6.45, 7) is 0.582. The Morgan fingerprint density at radius 3 is 2.81 bits per heavy atom. The molecule has 0 spiro atoms. The number of rotatable bonds is 6. The molecule has 0 saturated heterocycles. The van der Waals surface area contributed by atoms with Crippen molar-refractivity contribution in [3.8, 4) is 17.6 Å². The third kappa shape index (κ3) is 3.70. The summed E-state index contributed by atoms with van der Waals surface area (Å²) in [6, 6.07) is 7.42. The van der Waals surface area contributed by atoms with Crippen molar-refractivity contribution in [2.24, 2.45) is 0 Å². The van der Waals surface area contributed by atoms with Crippen LogP contribution in [0.3, 0.4) is 0 Å². The minimum absolute atomic E-state index is 0.569. The molecule has 1 rings (SSSR count). The molecule has 0 atom stereocenters. The third-order valence-electron chi connectivity index (χ3n) is 2.16. The zero-order valence-corrected chi connectivity index (χ0v) is 9.40. The number of anilines is 1. The lowest BCUT2D eigenvalue weighted by Gasteiger charge is -2.09. The average molecular weight is 220 g/mol. The molecule has 0 aromatic heterocycles. The average Bonchev–Trinajstić information content (AvgIpc) is 2.30. The van der Waals surface area contributed by atoms with E-state index in [0.717, 1.165) is 12.8 Å². The fraction of sp³-hybridized carbons (Fsp3) is 0.417. The van der Waals surface area contributed by atoms with Crippen molar-refractivity contribution >= 4 is 5.69 Å². The second kappa shape index (κ2) is 6.57. The molecule has 4 nitrogen and oxygen atoms in total. The van der Waals surface area contributed by atoms with Gasteiger partial charge in [-0.1, -0.05) is 0 Å². The van der Waals surface area contributed by atoms with Crippen LogP contribution in [0.15, 0.2) is 18.2 Å². The fourth-order valence-corrected chi connectivity index (χ4v) is 1.27. The molecule has 2 N–H and O–H groups in total. The number of hydrogen-bond donors (Lipinski definition) is 1. The molecule has 4 heteroatoms. The highest BCUT2D eigenvalue weighted by atomic mass is 16.5. The number of nitrogens with zero attached hydrogens (tertiary/aromatic N) is 1. The highest BCUT2D eigenvalue weighted by Gasteiger charge is 2.01. The molecular formula is C12H16N2O2. The van der Waals surface area contributed by atoms with Gasteiger partial charge in [-0.25, -0.2) is 0 Å². The normalized spacial score (nSPS) is 9.50. The first kappa shape index (κ1) is 12.2. The van der Waals surface area contributed by atoms with Crippen molar-refractivity contribution in [1.29, 1.82) is 5.26 Å². The summed E-state index contributed by atoms with van der Waals surface area (Å²) in [5.74, 6) is 1.38. The van der Waals surface area contributed by atoms with E-state index in [2.05, 4.69) is 6.07 Å². The number of nitrogen functional groups attached to an aromatic ring is 1. The van der Waals surface area contributed by atoms with Crippen LogP contribution in [0, 0.1) is 11.3 Å². The molecule has 1 aromatic carbocycles. The zero-order valence-electron chi connectivity index (χ0n) is 9.40. The van der Waals surface area contributed by atoms with Gasteiger partial charge < -0.3 is 15.2 Å². The van der Waals surface area contributed by atoms with E-state index in [4.69, 9.17) is 20.5 Å². The van der Waals surface area contributed by atoms with Gasteiger partial charge in [0.05, 0.1) is 25.5 Å². The van der Waals surface area contributed by atoms with E-state index in [9.17, 15) is 0 Å². The van der Waals surface area contributed by atoms with Crippen molar-refractivity contribution in [2.45, 2.75) is 19.3 Å². The molecule has 0 aliphatic rings. The predicted molar refractivity (Wildman–Crippen MR) is 62.4 cm³/mol. The predicted octanol–water partition coefficient (Wildman–Crippen LogP) is 2.35. The van der Waals surface area contributed by atoms with E-state index in [1.54, 1.807) is 25.3 Å². The number of benzene rings is 1. The Labute approximate surface area is 95.6 Å². The number of ether oxygens (including phenoxy) is 2. The van der Waals surface area contributed by atoms with E-state index in [1.165, 1.54) is 0 Å². The number of hydrogen-bond acceptors (Lipinski definition) is 4. The van der Waals surface area contributed by atoms with Crippen LogP contribution in [-0.4, -0.2) is 13.7 Å². The van der Waals surface area contributed by atoms with Gasteiger partial charge in [-0.2, -0.15) is 5.26 Å². The lowest BCUT2D eigenvalue weighted by atomic mass is 10.2. The van der Waals surface area contributed by atoms with Crippen molar-refractivity contribution in [1.82, 2.24) is 0 Å². The standard InChI is InChI=1S/C12H16N2O2/c1-15-10-5-6-12(11(14)9-10)16-8-4-2-3-7-13/h5-6,9H,2-4,8,14H2,1H3. The largest absolute Gasteiger partial charge is 0.497 e. The van der Waals surface area contributed by atoms with Gasteiger partial charge in [0.15, 0.2) is 0 Å². The van der Waals surface area contributed by atoms with Crippen molar-refractivity contribution in [3.05, 3.63) is 18.2 Å². The van der Waals surface area contributed by atoms with E-state index in [0.29, 0.717) is 30.2 Å². The molecule has 16 heavy (non-hydrogen) atoms. The summed E-state index contributed by atoms with van der Waals surface area (Å²) in [6.07, 6.45) is 2.28. The van der Waals surface area contributed by atoms with Gasteiger partial charge >= 0.3 is 0 Å². The van der Waals surface area contributed by atoms with E-state index >= 15 is 0 Å². The van der Waals surface area contributed by atoms with Crippen LogP contribution < -0.4 is 15.2 Å². The molecule has 0 amide bonds. The Hall–Kier alpha value is -1.89. The summed E-state index contributed by atoms with van der Waals surface area (Å²) in [7, 11) is 1.59. The maximum atomic E-state index is 8.36. The minimum Gasteiger partial charge on any atom is -0.497 e. The highest BCUT2D eigenvalue weighted by Crippen LogP contribution is 2.26. The lowest BCUT2D eigenvalue weighted by Crippen LogP contribution is -2.00. The summed E-state index contributed by atoms with van der Waals surface area (Å²) >= 11 is 0. The second-order valence-electron chi connectivity index (χ2n) is 3.37. The molecular weight excluding hydrogens is 204 g/mol. The maximum Gasteiger partial charge on any atom is 0.142 e. The van der Waals surface area contributed by atoms with Crippen LogP contribution in [0.4, 0.5) is 5.69 Å². The highest BCUT2D eigenvalue weighted by molar-refractivity contribution is 5.56. The quantitative estimate of drug-likeness (QED) is 0.590. The number of nitrogens with two attached hydrogens (primary N) is 1. The zero-order chi connectivity index (χ0) is 11.8. The van der Waals surface area contributed by atoms with E-state index in [-0.39, 0.29) is 0 Å². The van der Waals surface area contributed by atoms with Gasteiger partial charge in [-0.3, -0.25) is 0 Å². The third-order valence-corrected chi connectivity index (χ3v) is 2.16. The Morgan fingerprint density at radius 2 is 2.19 bits per heavy atom. The van der Waals surface area contributed by atoms with Crippen LogP contribution in [-0.2, 0) is 0 Å². The molecule has 0 saturated carbocycles. The van der Waals surface area contributed by atoms with Gasteiger partial charge in [0, 0.05) is 12.5 Å². The summed E-state index contributed by atoms with van der Waals surface area (Å²) in [5.41, 5.74) is 6.35.